The average Bonchev–Trinajstić information content (AvgIpc) is 2.76. The molecule has 3 saturated carbocycles. The van der Waals surface area contributed by atoms with Gasteiger partial charge < -0.3 is 4.74 Å². The van der Waals surface area contributed by atoms with Gasteiger partial charge in [-0.3, -0.25) is 4.79 Å². The predicted molar refractivity (Wildman–Crippen MR) is 118 cm³/mol. The van der Waals surface area contributed by atoms with Gasteiger partial charge in [-0.1, -0.05) is 58.3 Å². The van der Waals surface area contributed by atoms with Crippen molar-refractivity contribution in [2.45, 2.75) is 135 Å². The van der Waals surface area contributed by atoms with Gasteiger partial charge in [0.1, 0.15) is 12.3 Å². The quantitative estimate of drug-likeness (QED) is 0.287. The van der Waals surface area contributed by atoms with Gasteiger partial charge in [0.15, 0.2) is 0 Å². The molecular weight excluding hydrogens is 363 g/mol. The van der Waals surface area contributed by atoms with Crippen LogP contribution in [0.5, 0.6) is 0 Å². The van der Waals surface area contributed by atoms with Crippen LogP contribution in [-0.4, -0.2) is 18.2 Å². The van der Waals surface area contributed by atoms with Gasteiger partial charge in [0.2, 0.25) is 0 Å². The first-order valence-electron chi connectivity index (χ1n) is 13.0. The molecule has 3 aliphatic carbocycles. The fourth-order valence-corrected chi connectivity index (χ4v) is 6.21. The van der Waals surface area contributed by atoms with Crippen LogP contribution in [0, 0.1) is 23.7 Å². The van der Waals surface area contributed by atoms with Crippen molar-refractivity contribution in [2.75, 3.05) is 0 Å². The van der Waals surface area contributed by atoms with Crippen molar-refractivity contribution in [3.05, 3.63) is 0 Å². The molecule has 0 N–H and O–H groups in total. The van der Waals surface area contributed by atoms with Crippen molar-refractivity contribution in [1.29, 1.82) is 0 Å². The molecule has 3 fully saturated rings. The molecular formula is C26H45FO2. The summed E-state index contributed by atoms with van der Waals surface area (Å²) in [7, 11) is 0. The zero-order valence-corrected chi connectivity index (χ0v) is 18.9. The third-order valence-corrected chi connectivity index (χ3v) is 8.27. The monoisotopic (exact) mass is 408 g/mol. The van der Waals surface area contributed by atoms with E-state index in [1.54, 1.807) is 0 Å². The van der Waals surface area contributed by atoms with E-state index in [-0.39, 0.29) is 18.0 Å². The Balaban J connectivity index is 1.28. The Hall–Kier alpha value is -0.600. The van der Waals surface area contributed by atoms with E-state index in [0.717, 1.165) is 30.6 Å². The van der Waals surface area contributed by atoms with Gasteiger partial charge >= 0.3 is 5.97 Å². The molecule has 0 aromatic carbocycles. The van der Waals surface area contributed by atoms with Gasteiger partial charge in [-0.15, -0.1) is 0 Å². The van der Waals surface area contributed by atoms with Crippen molar-refractivity contribution < 1.29 is 13.9 Å². The molecule has 0 heterocycles. The number of rotatable bonds is 9. The highest BCUT2D eigenvalue weighted by atomic mass is 19.1. The first-order valence-corrected chi connectivity index (χ1v) is 13.0. The summed E-state index contributed by atoms with van der Waals surface area (Å²) in [5, 5.41) is 0. The molecule has 0 unspecified atom stereocenters. The molecule has 0 bridgehead atoms. The van der Waals surface area contributed by atoms with Crippen LogP contribution in [0.1, 0.15) is 122 Å². The molecule has 0 aromatic heterocycles. The van der Waals surface area contributed by atoms with E-state index in [1.807, 2.05) is 0 Å². The Morgan fingerprint density at radius 2 is 1.34 bits per heavy atom. The van der Waals surface area contributed by atoms with Crippen molar-refractivity contribution >= 4 is 5.97 Å². The van der Waals surface area contributed by atoms with E-state index in [2.05, 4.69) is 6.92 Å². The average molecular weight is 409 g/mol. The maximum absolute atomic E-state index is 13.3. The molecule has 0 spiro atoms. The van der Waals surface area contributed by atoms with Gasteiger partial charge in [0.25, 0.3) is 0 Å². The number of hydrogen-bond acceptors (Lipinski definition) is 2. The lowest BCUT2D eigenvalue weighted by molar-refractivity contribution is -0.157. The summed E-state index contributed by atoms with van der Waals surface area (Å²) >= 11 is 0. The number of unbranched alkanes of at least 4 members (excludes halogenated alkanes) is 4. The van der Waals surface area contributed by atoms with Crippen LogP contribution in [0.3, 0.4) is 0 Å². The molecule has 0 amide bonds. The second kappa shape index (κ2) is 12.3. The molecule has 0 atom stereocenters. The number of carbonyl (C=O) groups is 1. The normalized spacial score (nSPS) is 35.9. The molecule has 3 rings (SSSR count). The van der Waals surface area contributed by atoms with Crippen LogP contribution >= 0.6 is 0 Å². The standard InChI is InChI=1S/C26H45FO2/c1-2-3-4-5-6-7-20-8-10-21(11-9-20)22-12-14-23(15-13-22)26(28)29-25-18-16-24(27)17-19-25/h20-25H,2-19H2,1H3. The number of ether oxygens (including phenoxy) is 1. The Morgan fingerprint density at radius 3 is 1.97 bits per heavy atom. The summed E-state index contributed by atoms with van der Waals surface area (Å²) in [6.45, 7) is 2.29. The van der Waals surface area contributed by atoms with Gasteiger partial charge in [-0.2, -0.15) is 0 Å². The van der Waals surface area contributed by atoms with Crippen LogP contribution in [0.25, 0.3) is 0 Å². The lowest BCUT2D eigenvalue weighted by Crippen LogP contribution is -2.32. The van der Waals surface area contributed by atoms with E-state index >= 15 is 0 Å². The van der Waals surface area contributed by atoms with Gasteiger partial charge in [0.05, 0.1) is 5.92 Å². The summed E-state index contributed by atoms with van der Waals surface area (Å²) in [6, 6.07) is 0. The SMILES string of the molecule is CCCCCCCC1CCC(C2CCC(C(=O)OC3CCC(F)CC3)CC2)CC1. The van der Waals surface area contributed by atoms with Crippen LogP contribution in [-0.2, 0) is 9.53 Å². The lowest BCUT2D eigenvalue weighted by Gasteiger charge is -2.37. The van der Waals surface area contributed by atoms with Gasteiger partial charge in [-0.05, 0) is 82.0 Å². The minimum atomic E-state index is -0.684. The Bertz CT molecular complexity index is 455. The maximum Gasteiger partial charge on any atom is 0.309 e. The highest BCUT2D eigenvalue weighted by Crippen LogP contribution is 2.42. The Morgan fingerprint density at radius 1 is 0.759 bits per heavy atom. The van der Waals surface area contributed by atoms with Crippen molar-refractivity contribution in [2.24, 2.45) is 23.7 Å². The number of esters is 1. The molecule has 2 nitrogen and oxygen atoms in total. The van der Waals surface area contributed by atoms with Crippen LogP contribution < -0.4 is 0 Å². The Kier molecular flexibility index (Phi) is 9.79. The van der Waals surface area contributed by atoms with Crippen molar-refractivity contribution in [3.63, 3.8) is 0 Å². The van der Waals surface area contributed by atoms with E-state index in [1.165, 1.54) is 77.0 Å². The first kappa shape index (κ1) is 23.1. The van der Waals surface area contributed by atoms with E-state index < -0.39 is 6.17 Å². The zero-order valence-electron chi connectivity index (χ0n) is 18.9. The second-order valence-electron chi connectivity index (χ2n) is 10.4. The van der Waals surface area contributed by atoms with Crippen LogP contribution in [0.4, 0.5) is 4.39 Å². The summed E-state index contributed by atoms with van der Waals surface area (Å²) < 4.78 is 19.0. The third-order valence-electron chi connectivity index (χ3n) is 8.27. The molecule has 3 aliphatic rings. The fourth-order valence-electron chi connectivity index (χ4n) is 6.21. The van der Waals surface area contributed by atoms with Crippen LogP contribution in [0.15, 0.2) is 0 Å². The third kappa shape index (κ3) is 7.55. The number of hydrogen-bond donors (Lipinski definition) is 0. The number of carbonyl (C=O) groups excluding carboxylic acids is 1. The lowest BCUT2D eigenvalue weighted by atomic mass is 9.68. The topological polar surface area (TPSA) is 26.3 Å². The Labute approximate surface area is 178 Å². The molecule has 168 valence electrons. The highest BCUT2D eigenvalue weighted by molar-refractivity contribution is 5.72. The first-order chi connectivity index (χ1) is 14.2. The van der Waals surface area contributed by atoms with E-state index in [9.17, 15) is 9.18 Å². The largest absolute Gasteiger partial charge is 0.462 e. The minimum absolute atomic E-state index is 0.0116. The number of halogens is 1. The predicted octanol–water partition coefficient (Wildman–Crippen LogP) is 7.78. The highest BCUT2D eigenvalue weighted by Gasteiger charge is 2.34. The molecule has 0 saturated heterocycles. The summed E-state index contributed by atoms with van der Waals surface area (Å²) in [5.74, 6) is 2.85. The molecule has 29 heavy (non-hydrogen) atoms. The summed E-state index contributed by atoms with van der Waals surface area (Å²) in [6.07, 6.45) is 20.5. The molecule has 0 aromatic rings. The molecule has 0 radical (unpaired) electrons. The van der Waals surface area contributed by atoms with Crippen molar-refractivity contribution in [1.82, 2.24) is 0 Å². The molecule has 0 aliphatic heterocycles. The fraction of sp³-hybridized carbons (Fsp3) is 0.962. The summed E-state index contributed by atoms with van der Waals surface area (Å²) in [5.41, 5.74) is 0. The van der Waals surface area contributed by atoms with Gasteiger partial charge in [0, 0.05) is 0 Å². The van der Waals surface area contributed by atoms with E-state index in [4.69, 9.17) is 4.74 Å². The second-order valence-corrected chi connectivity index (χ2v) is 10.4. The maximum atomic E-state index is 13.3. The smallest absolute Gasteiger partial charge is 0.309 e. The van der Waals surface area contributed by atoms with E-state index in [0.29, 0.717) is 25.7 Å². The summed E-state index contributed by atoms with van der Waals surface area (Å²) in [4.78, 5) is 12.5. The van der Waals surface area contributed by atoms with Crippen molar-refractivity contribution in [3.8, 4) is 0 Å². The number of alkyl halides is 1. The minimum Gasteiger partial charge on any atom is -0.462 e. The molecule has 3 heteroatoms. The van der Waals surface area contributed by atoms with Crippen LogP contribution in [0.2, 0.25) is 0 Å². The van der Waals surface area contributed by atoms with Gasteiger partial charge in [-0.25, -0.2) is 4.39 Å². The zero-order chi connectivity index (χ0) is 20.5.